The molecule has 3 N–H and O–H groups in total. The first-order valence-electron chi connectivity index (χ1n) is 12.6. The van der Waals surface area contributed by atoms with Gasteiger partial charge < -0.3 is 24.8 Å². The van der Waals surface area contributed by atoms with Crippen LogP contribution in [0.2, 0.25) is 0 Å². The average molecular weight is 429 g/mol. The van der Waals surface area contributed by atoms with E-state index in [4.69, 9.17) is 14.6 Å². The van der Waals surface area contributed by atoms with Gasteiger partial charge in [0.05, 0.1) is 13.2 Å². The normalized spacial score (nSPS) is 22.9. The van der Waals surface area contributed by atoms with Crippen LogP contribution in [0.15, 0.2) is 12.2 Å². The van der Waals surface area contributed by atoms with Crippen LogP contribution in [0.5, 0.6) is 0 Å². The zero-order valence-corrected chi connectivity index (χ0v) is 19.4. The highest BCUT2D eigenvalue weighted by atomic mass is 16.6. The first-order chi connectivity index (χ1) is 14.7. The van der Waals surface area contributed by atoms with Crippen LogP contribution in [0.25, 0.3) is 0 Å². The molecule has 1 fully saturated rings. The summed E-state index contributed by atoms with van der Waals surface area (Å²) in [4.78, 5) is 0. The van der Waals surface area contributed by atoms with E-state index in [0.29, 0.717) is 6.61 Å². The largest absolute Gasteiger partial charge is 0.394 e. The Hall–Kier alpha value is -0.460. The zero-order valence-electron chi connectivity index (χ0n) is 19.4. The molecule has 0 unspecified atom stereocenters. The molecule has 0 radical (unpaired) electrons. The molecule has 1 saturated heterocycles. The van der Waals surface area contributed by atoms with E-state index in [-0.39, 0.29) is 13.2 Å². The highest BCUT2D eigenvalue weighted by Crippen LogP contribution is 2.21. The Balaban J connectivity index is 1.86. The lowest BCUT2D eigenvalue weighted by atomic mass is 10.1. The minimum atomic E-state index is -1.01. The molecule has 30 heavy (non-hydrogen) atoms. The summed E-state index contributed by atoms with van der Waals surface area (Å²) in [5, 5.41) is 28.7. The van der Waals surface area contributed by atoms with Crippen molar-refractivity contribution < 1.29 is 24.8 Å². The number of aliphatic hydroxyl groups is 3. The summed E-state index contributed by atoms with van der Waals surface area (Å²) in [6.07, 6.45) is 21.1. The van der Waals surface area contributed by atoms with Crippen molar-refractivity contribution in [1.29, 1.82) is 0 Å². The third-order valence-corrected chi connectivity index (χ3v) is 5.95. The topological polar surface area (TPSA) is 79.2 Å². The van der Waals surface area contributed by atoms with Gasteiger partial charge in [0.1, 0.15) is 24.4 Å². The van der Waals surface area contributed by atoms with E-state index in [9.17, 15) is 10.2 Å². The molecule has 0 spiro atoms. The average Bonchev–Trinajstić information content (AvgIpc) is 3.12. The van der Waals surface area contributed by atoms with E-state index in [0.717, 1.165) is 19.3 Å². The minimum absolute atomic E-state index is 0.147. The Kier molecular flexibility index (Phi) is 17.7. The number of allylic oxidation sites excluding steroid dienone is 2. The molecule has 1 aliphatic rings. The Bertz CT molecular complexity index is 401. The Morgan fingerprint density at radius 2 is 1.40 bits per heavy atom. The maximum absolute atomic E-state index is 9.89. The van der Waals surface area contributed by atoms with Gasteiger partial charge in [0.2, 0.25) is 0 Å². The van der Waals surface area contributed by atoms with Crippen LogP contribution in [0.4, 0.5) is 0 Å². The number of hydrogen-bond donors (Lipinski definition) is 3. The summed E-state index contributed by atoms with van der Waals surface area (Å²) in [7, 11) is 0. The fourth-order valence-corrected chi connectivity index (χ4v) is 4.00. The van der Waals surface area contributed by atoms with E-state index in [1.54, 1.807) is 0 Å². The molecular formula is C25H48O5. The van der Waals surface area contributed by atoms with Crippen LogP contribution in [0.1, 0.15) is 103 Å². The van der Waals surface area contributed by atoms with Crippen molar-refractivity contribution >= 4 is 0 Å². The molecule has 0 saturated carbocycles. The van der Waals surface area contributed by atoms with Gasteiger partial charge in [0.25, 0.3) is 0 Å². The van der Waals surface area contributed by atoms with Gasteiger partial charge in [0, 0.05) is 6.61 Å². The van der Waals surface area contributed by atoms with Crippen molar-refractivity contribution in [2.45, 2.75) is 128 Å². The Morgan fingerprint density at radius 1 is 0.867 bits per heavy atom. The van der Waals surface area contributed by atoms with Gasteiger partial charge in [-0.2, -0.15) is 0 Å². The van der Waals surface area contributed by atoms with Gasteiger partial charge in [-0.1, -0.05) is 83.3 Å². The maximum Gasteiger partial charge on any atom is 0.114 e. The van der Waals surface area contributed by atoms with Crippen LogP contribution in [-0.4, -0.2) is 59.6 Å². The van der Waals surface area contributed by atoms with Gasteiger partial charge >= 0.3 is 0 Å². The first-order valence-corrected chi connectivity index (χ1v) is 12.6. The molecule has 5 nitrogen and oxygen atoms in total. The van der Waals surface area contributed by atoms with Gasteiger partial charge in [0.15, 0.2) is 0 Å². The van der Waals surface area contributed by atoms with Gasteiger partial charge in [-0.25, -0.2) is 0 Å². The molecule has 178 valence electrons. The summed E-state index contributed by atoms with van der Waals surface area (Å²) in [6.45, 7) is 2.57. The van der Waals surface area contributed by atoms with Crippen LogP contribution >= 0.6 is 0 Å². The van der Waals surface area contributed by atoms with Crippen LogP contribution < -0.4 is 0 Å². The molecule has 0 aromatic heterocycles. The summed E-state index contributed by atoms with van der Waals surface area (Å²) in [5.41, 5.74) is 0. The second-order valence-electron chi connectivity index (χ2n) is 8.74. The zero-order chi connectivity index (χ0) is 21.9. The summed E-state index contributed by atoms with van der Waals surface area (Å²) in [5.74, 6) is 0. The molecule has 1 aliphatic heterocycles. The number of unbranched alkanes of at least 4 members (excludes halogenated alkanes) is 13. The smallest absolute Gasteiger partial charge is 0.114 e. The first kappa shape index (κ1) is 27.6. The molecule has 5 heteroatoms. The maximum atomic E-state index is 9.89. The van der Waals surface area contributed by atoms with Gasteiger partial charge in [-0.05, 0) is 32.1 Å². The third-order valence-electron chi connectivity index (χ3n) is 5.95. The highest BCUT2D eigenvalue weighted by Gasteiger charge is 2.40. The van der Waals surface area contributed by atoms with Crippen molar-refractivity contribution in [1.82, 2.24) is 0 Å². The van der Waals surface area contributed by atoms with Crippen LogP contribution in [0, 0.1) is 0 Å². The Morgan fingerprint density at radius 3 is 1.97 bits per heavy atom. The predicted molar refractivity (Wildman–Crippen MR) is 123 cm³/mol. The SMILES string of the molecule is CCCCCCCCCCCCC/C=C/CCCCO[C@H]1[C@@H]([C@@H](O)CO)OC[C@H]1O. The van der Waals surface area contributed by atoms with Gasteiger partial charge in [-0.15, -0.1) is 0 Å². The number of rotatable bonds is 20. The van der Waals surface area contributed by atoms with Gasteiger partial charge in [-0.3, -0.25) is 0 Å². The highest BCUT2D eigenvalue weighted by molar-refractivity contribution is 4.89. The molecule has 1 rings (SSSR count). The van der Waals surface area contributed by atoms with Crippen molar-refractivity contribution in [2.75, 3.05) is 19.8 Å². The monoisotopic (exact) mass is 428 g/mol. The van der Waals surface area contributed by atoms with E-state index in [1.807, 2.05) is 0 Å². The standard InChI is InChI=1S/C25H48O5/c1-2-3-4-5-6-7-8-9-10-11-12-13-14-15-16-17-18-19-29-25-23(28)21-30-24(25)22(27)20-26/h14-15,22-28H,2-13,16-21H2,1H3/b15-14+/t22-,23+,24+,25+/m0/s1. The molecule has 0 aliphatic carbocycles. The quantitative estimate of drug-likeness (QED) is 0.190. The summed E-state index contributed by atoms with van der Waals surface area (Å²) >= 11 is 0. The third kappa shape index (κ3) is 13.1. The number of ether oxygens (including phenoxy) is 2. The molecule has 1 heterocycles. The summed E-state index contributed by atoms with van der Waals surface area (Å²) in [6, 6.07) is 0. The van der Waals surface area contributed by atoms with E-state index in [1.165, 1.54) is 77.0 Å². The lowest BCUT2D eigenvalue weighted by Gasteiger charge is -2.23. The second kappa shape index (κ2) is 19.2. The van der Waals surface area contributed by atoms with Crippen LogP contribution in [0.3, 0.4) is 0 Å². The fourth-order valence-electron chi connectivity index (χ4n) is 4.00. The minimum Gasteiger partial charge on any atom is -0.394 e. The summed E-state index contributed by atoms with van der Waals surface area (Å²) < 4.78 is 11.0. The molecule has 0 aromatic rings. The van der Waals surface area contributed by atoms with Crippen LogP contribution in [-0.2, 0) is 9.47 Å². The lowest BCUT2D eigenvalue weighted by molar-refractivity contribution is -0.0937. The van der Waals surface area contributed by atoms with E-state index >= 15 is 0 Å². The fraction of sp³-hybridized carbons (Fsp3) is 0.920. The molecular weight excluding hydrogens is 380 g/mol. The predicted octanol–water partition coefficient (Wildman–Crippen LogP) is 4.91. The number of hydrogen-bond acceptors (Lipinski definition) is 5. The van der Waals surface area contributed by atoms with E-state index < -0.39 is 24.4 Å². The Labute approximate surface area is 184 Å². The molecule has 0 amide bonds. The van der Waals surface area contributed by atoms with Crippen molar-refractivity contribution in [2.24, 2.45) is 0 Å². The molecule has 0 bridgehead atoms. The number of aliphatic hydroxyl groups excluding tert-OH is 3. The van der Waals surface area contributed by atoms with Crippen molar-refractivity contribution in [3.63, 3.8) is 0 Å². The molecule has 0 aromatic carbocycles. The van der Waals surface area contributed by atoms with E-state index in [2.05, 4.69) is 19.1 Å². The van der Waals surface area contributed by atoms with Crippen molar-refractivity contribution in [3.05, 3.63) is 12.2 Å². The van der Waals surface area contributed by atoms with Crippen molar-refractivity contribution in [3.8, 4) is 0 Å². The molecule has 4 atom stereocenters. The second-order valence-corrected chi connectivity index (χ2v) is 8.74. The lowest BCUT2D eigenvalue weighted by Crippen LogP contribution is -2.42.